The van der Waals surface area contributed by atoms with Crippen LogP contribution in [0.15, 0.2) is 0 Å². The summed E-state index contributed by atoms with van der Waals surface area (Å²) in [5.41, 5.74) is 0.0438. The van der Waals surface area contributed by atoms with Gasteiger partial charge in [0.05, 0.1) is 5.92 Å². The lowest BCUT2D eigenvalue weighted by molar-refractivity contribution is -0.148. The number of hydrogen-bond acceptors (Lipinski definition) is 1. The van der Waals surface area contributed by atoms with E-state index in [-0.39, 0.29) is 11.3 Å². The quantitative estimate of drug-likeness (QED) is 0.337. The molecule has 0 aromatic heterocycles. The van der Waals surface area contributed by atoms with E-state index < -0.39 is 5.97 Å². The van der Waals surface area contributed by atoms with E-state index in [1.165, 1.54) is 44.9 Å². The molecule has 1 atom stereocenters. The average Bonchev–Trinajstić information content (AvgIpc) is 2.50. The van der Waals surface area contributed by atoms with Gasteiger partial charge < -0.3 is 5.11 Å². The molecule has 0 aromatic carbocycles. The Morgan fingerprint density at radius 1 is 0.773 bits per heavy atom. The van der Waals surface area contributed by atoms with Gasteiger partial charge in [0.15, 0.2) is 0 Å². The Morgan fingerprint density at radius 2 is 1.23 bits per heavy atom. The van der Waals surface area contributed by atoms with Crippen molar-refractivity contribution in [3.63, 3.8) is 0 Å². The molecule has 2 heteroatoms. The Kier molecular flexibility index (Phi) is 12.6. The van der Waals surface area contributed by atoms with Gasteiger partial charge in [0.2, 0.25) is 0 Å². The van der Waals surface area contributed by atoms with Crippen LogP contribution in [0.1, 0.15) is 111 Å². The van der Waals surface area contributed by atoms with Gasteiger partial charge in [-0.3, -0.25) is 4.79 Å². The SMILES string of the molecule is CCCCCC(CCCC)(CCCC)C(CCCC)C(=O)O. The Morgan fingerprint density at radius 3 is 1.64 bits per heavy atom. The normalized spacial score (nSPS) is 13.3. The van der Waals surface area contributed by atoms with Gasteiger partial charge >= 0.3 is 5.97 Å². The molecule has 0 amide bonds. The van der Waals surface area contributed by atoms with Crippen molar-refractivity contribution in [3.8, 4) is 0 Å². The Balaban J connectivity index is 5.24. The topological polar surface area (TPSA) is 37.3 Å². The molecule has 0 aromatic rings. The lowest BCUT2D eigenvalue weighted by Gasteiger charge is -2.40. The molecule has 2 nitrogen and oxygen atoms in total. The van der Waals surface area contributed by atoms with Crippen LogP contribution >= 0.6 is 0 Å². The number of carboxylic acid groups (broad SMARTS) is 1. The average molecular weight is 313 g/mol. The zero-order valence-corrected chi connectivity index (χ0v) is 15.6. The van der Waals surface area contributed by atoms with Crippen molar-refractivity contribution in [2.75, 3.05) is 0 Å². The number of carboxylic acids is 1. The van der Waals surface area contributed by atoms with Crippen LogP contribution in [0.5, 0.6) is 0 Å². The summed E-state index contributed by atoms with van der Waals surface area (Å²) >= 11 is 0. The summed E-state index contributed by atoms with van der Waals surface area (Å²) in [4.78, 5) is 12.0. The first-order chi connectivity index (χ1) is 10.6. The molecule has 0 aliphatic carbocycles. The van der Waals surface area contributed by atoms with Gasteiger partial charge in [-0.2, -0.15) is 0 Å². The summed E-state index contributed by atoms with van der Waals surface area (Å²) in [7, 11) is 0. The lowest BCUT2D eigenvalue weighted by Crippen LogP contribution is -2.36. The van der Waals surface area contributed by atoms with E-state index in [2.05, 4.69) is 27.7 Å². The second-order valence-corrected chi connectivity index (χ2v) is 7.06. The fraction of sp³-hybridized carbons (Fsp3) is 0.950. The number of unbranched alkanes of at least 4 members (excludes halogenated alkanes) is 5. The summed E-state index contributed by atoms with van der Waals surface area (Å²) in [6.45, 7) is 8.83. The molecule has 22 heavy (non-hydrogen) atoms. The number of carbonyl (C=O) groups is 1. The minimum Gasteiger partial charge on any atom is -0.481 e. The van der Waals surface area contributed by atoms with E-state index >= 15 is 0 Å². The van der Waals surface area contributed by atoms with E-state index in [4.69, 9.17) is 0 Å². The molecule has 0 aliphatic heterocycles. The highest BCUT2D eigenvalue weighted by atomic mass is 16.4. The fourth-order valence-electron chi connectivity index (χ4n) is 3.78. The van der Waals surface area contributed by atoms with Crippen molar-refractivity contribution in [3.05, 3.63) is 0 Å². The first kappa shape index (κ1) is 21.5. The minimum atomic E-state index is -0.544. The molecule has 0 saturated heterocycles. The molecule has 1 N–H and O–H groups in total. The third-order valence-electron chi connectivity index (χ3n) is 5.22. The van der Waals surface area contributed by atoms with Gasteiger partial charge in [0.1, 0.15) is 0 Å². The van der Waals surface area contributed by atoms with E-state index in [1.807, 2.05) is 0 Å². The number of hydrogen-bond donors (Lipinski definition) is 1. The second kappa shape index (κ2) is 13.0. The predicted octanol–water partition coefficient (Wildman–Crippen LogP) is 6.82. The smallest absolute Gasteiger partial charge is 0.307 e. The molecular weight excluding hydrogens is 272 g/mol. The van der Waals surface area contributed by atoms with Crippen LogP contribution in [-0.4, -0.2) is 11.1 Å². The summed E-state index contributed by atoms with van der Waals surface area (Å²) in [5.74, 6) is -0.681. The van der Waals surface area contributed by atoms with Gasteiger partial charge in [0, 0.05) is 0 Å². The zero-order valence-electron chi connectivity index (χ0n) is 15.6. The van der Waals surface area contributed by atoms with Crippen molar-refractivity contribution in [2.24, 2.45) is 11.3 Å². The summed E-state index contributed by atoms with van der Waals surface area (Å²) in [6, 6.07) is 0. The molecule has 0 rings (SSSR count). The number of aliphatic carboxylic acids is 1. The van der Waals surface area contributed by atoms with E-state index in [0.29, 0.717) is 0 Å². The molecule has 132 valence electrons. The third kappa shape index (κ3) is 7.65. The standard InChI is InChI=1S/C20H40O2/c1-5-9-13-17-20(15-11-7-3,16-12-8-4)18(19(21)22)14-10-6-2/h18H,5-17H2,1-4H3,(H,21,22). The molecule has 0 radical (unpaired) electrons. The van der Waals surface area contributed by atoms with E-state index in [9.17, 15) is 9.90 Å². The molecule has 0 spiro atoms. The summed E-state index contributed by atoms with van der Waals surface area (Å²) < 4.78 is 0. The molecule has 0 bridgehead atoms. The van der Waals surface area contributed by atoms with E-state index in [0.717, 1.165) is 38.5 Å². The Hall–Kier alpha value is -0.530. The molecule has 0 aliphatic rings. The van der Waals surface area contributed by atoms with Crippen molar-refractivity contribution < 1.29 is 9.90 Å². The van der Waals surface area contributed by atoms with E-state index in [1.54, 1.807) is 0 Å². The van der Waals surface area contributed by atoms with Crippen molar-refractivity contribution in [1.29, 1.82) is 0 Å². The van der Waals surface area contributed by atoms with Crippen LogP contribution in [0.4, 0.5) is 0 Å². The molecule has 0 heterocycles. The first-order valence-corrected chi connectivity index (χ1v) is 9.80. The first-order valence-electron chi connectivity index (χ1n) is 9.80. The summed E-state index contributed by atoms with van der Waals surface area (Å²) in [5, 5.41) is 9.89. The molecular formula is C20H40O2. The van der Waals surface area contributed by atoms with Crippen LogP contribution in [0.25, 0.3) is 0 Å². The van der Waals surface area contributed by atoms with Crippen LogP contribution in [0.2, 0.25) is 0 Å². The highest BCUT2D eigenvalue weighted by molar-refractivity contribution is 5.71. The van der Waals surface area contributed by atoms with Crippen molar-refractivity contribution in [2.45, 2.75) is 111 Å². The zero-order chi connectivity index (χ0) is 16.8. The predicted molar refractivity (Wildman–Crippen MR) is 96.3 cm³/mol. The van der Waals surface area contributed by atoms with Crippen LogP contribution in [0, 0.1) is 11.3 Å². The highest BCUT2D eigenvalue weighted by Gasteiger charge is 2.40. The molecule has 1 unspecified atom stereocenters. The lowest BCUT2D eigenvalue weighted by atomic mass is 9.64. The van der Waals surface area contributed by atoms with Gasteiger partial charge in [-0.15, -0.1) is 0 Å². The minimum absolute atomic E-state index is 0.0438. The number of rotatable bonds is 15. The maximum absolute atomic E-state index is 12.0. The maximum Gasteiger partial charge on any atom is 0.307 e. The van der Waals surface area contributed by atoms with Crippen molar-refractivity contribution >= 4 is 5.97 Å². The largest absolute Gasteiger partial charge is 0.481 e. The molecule has 0 saturated carbocycles. The fourth-order valence-corrected chi connectivity index (χ4v) is 3.78. The Labute approximate surface area is 139 Å². The Bertz CT molecular complexity index is 265. The maximum atomic E-state index is 12.0. The highest BCUT2D eigenvalue weighted by Crippen LogP contribution is 2.45. The monoisotopic (exact) mass is 312 g/mol. The van der Waals surface area contributed by atoms with Gasteiger partial charge in [-0.25, -0.2) is 0 Å². The van der Waals surface area contributed by atoms with Gasteiger partial charge in [-0.05, 0) is 31.1 Å². The third-order valence-corrected chi connectivity index (χ3v) is 5.22. The summed E-state index contributed by atoms with van der Waals surface area (Å²) in [6.07, 6.45) is 14.7. The van der Waals surface area contributed by atoms with Gasteiger partial charge in [0.25, 0.3) is 0 Å². The van der Waals surface area contributed by atoms with Crippen LogP contribution < -0.4 is 0 Å². The second-order valence-electron chi connectivity index (χ2n) is 7.06. The van der Waals surface area contributed by atoms with Crippen molar-refractivity contribution in [1.82, 2.24) is 0 Å². The van der Waals surface area contributed by atoms with Crippen LogP contribution in [-0.2, 0) is 4.79 Å². The molecule has 0 fully saturated rings. The van der Waals surface area contributed by atoms with Crippen LogP contribution in [0.3, 0.4) is 0 Å². The van der Waals surface area contributed by atoms with Gasteiger partial charge in [-0.1, -0.05) is 85.5 Å².